The van der Waals surface area contributed by atoms with Gasteiger partial charge in [-0.2, -0.15) is 0 Å². The summed E-state index contributed by atoms with van der Waals surface area (Å²) >= 11 is 0. The lowest BCUT2D eigenvalue weighted by Gasteiger charge is -2.37. The Morgan fingerprint density at radius 3 is 2.67 bits per heavy atom. The van der Waals surface area contributed by atoms with Gasteiger partial charge in [-0.05, 0) is 37.8 Å². The Morgan fingerprint density at radius 2 is 1.93 bits per heavy atom. The monoisotopic (exact) mass is 203 g/mol. The van der Waals surface area contributed by atoms with E-state index in [4.69, 9.17) is 0 Å². The quantitative estimate of drug-likeness (QED) is 0.713. The predicted molar refractivity (Wildman–Crippen MR) is 64.7 cm³/mol. The maximum absolute atomic E-state index is 2.61. The lowest BCUT2D eigenvalue weighted by atomic mass is 9.92. The van der Waals surface area contributed by atoms with E-state index in [0.29, 0.717) is 0 Å². The normalized spacial score (nSPS) is 27.9. The molecule has 0 aromatic heterocycles. The second kappa shape index (κ2) is 4.80. The summed E-state index contributed by atoms with van der Waals surface area (Å²) in [6.07, 6.45) is 2.75. The van der Waals surface area contributed by atoms with Gasteiger partial charge in [0.15, 0.2) is 0 Å². The Hall–Kier alpha value is -0.820. The number of rotatable bonds is 2. The van der Waals surface area contributed by atoms with Crippen LogP contribution in [0.3, 0.4) is 0 Å². The van der Waals surface area contributed by atoms with Crippen LogP contribution in [0.15, 0.2) is 30.3 Å². The molecular formula is C14H21N. The van der Waals surface area contributed by atoms with E-state index in [9.17, 15) is 0 Å². The summed E-state index contributed by atoms with van der Waals surface area (Å²) in [6.45, 7) is 7.13. The summed E-state index contributed by atoms with van der Waals surface area (Å²) in [6, 6.07) is 11.5. The van der Waals surface area contributed by atoms with E-state index < -0.39 is 0 Å². The Bertz CT molecular complexity index is 293. The molecule has 1 saturated heterocycles. The van der Waals surface area contributed by atoms with Crippen LogP contribution < -0.4 is 0 Å². The first-order valence-corrected chi connectivity index (χ1v) is 6.05. The SMILES string of the molecule is C[C@@H]1CCCN(Cc2ccccc2)[C@@H]1C. The Morgan fingerprint density at radius 1 is 1.20 bits per heavy atom. The number of hydrogen-bond donors (Lipinski definition) is 0. The van der Waals surface area contributed by atoms with Crippen LogP contribution in [0.2, 0.25) is 0 Å². The molecule has 1 aromatic carbocycles. The first kappa shape index (κ1) is 10.7. The van der Waals surface area contributed by atoms with Gasteiger partial charge in [0.25, 0.3) is 0 Å². The first-order valence-electron chi connectivity index (χ1n) is 6.05. The van der Waals surface area contributed by atoms with Crippen molar-refractivity contribution in [1.29, 1.82) is 0 Å². The summed E-state index contributed by atoms with van der Waals surface area (Å²) in [5, 5.41) is 0. The van der Waals surface area contributed by atoms with E-state index >= 15 is 0 Å². The molecule has 0 N–H and O–H groups in total. The maximum atomic E-state index is 2.61. The third kappa shape index (κ3) is 2.60. The second-order valence-electron chi connectivity index (χ2n) is 4.82. The molecule has 2 rings (SSSR count). The van der Waals surface area contributed by atoms with Crippen molar-refractivity contribution in [3.8, 4) is 0 Å². The Kier molecular flexibility index (Phi) is 3.42. The molecule has 82 valence electrons. The van der Waals surface area contributed by atoms with Gasteiger partial charge < -0.3 is 0 Å². The number of hydrogen-bond acceptors (Lipinski definition) is 1. The van der Waals surface area contributed by atoms with E-state index in [2.05, 4.69) is 49.1 Å². The van der Waals surface area contributed by atoms with Crippen molar-refractivity contribution in [1.82, 2.24) is 4.90 Å². The first-order chi connectivity index (χ1) is 7.27. The molecule has 0 unspecified atom stereocenters. The molecule has 1 aromatic rings. The van der Waals surface area contributed by atoms with Crippen LogP contribution in [-0.4, -0.2) is 17.5 Å². The molecule has 1 aliphatic rings. The average Bonchev–Trinajstić information content (AvgIpc) is 2.26. The van der Waals surface area contributed by atoms with Crippen LogP contribution in [0, 0.1) is 5.92 Å². The minimum Gasteiger partial charge on any atom is -0.296 e. The van der Waals surface area contributed by atoms with Crippen LogP contribution in [0.1, 0.15) is 32.3 Å². The summed E-state index contributed by atoms with van der Waals surface area (Å²) in [5.74, 6) is 0.850. The van der Waals surface area contributed by atoms with Crippen LogP contribution >= 0.6 is 0 Å². The fraction of sp³-hybridized carbons (Fsp3) is 0.571. The van der Waals surface area contributed by atoms with Gasteiger partial charge in [0, 0.05) is 12.6 Å². The number of nitrogens with zero attached hydrogens (tertiary/aromatic N) is 1. The van der Waals surface area contributed by atoms with Gasteiger partial charge in [0.05, 0.1) is 0 Å². The zero-order valence-electron chi connectivity index (χ0n) is 9.82. The predicted octanol–water partition coefficient (Wildman–Crippen LogP) is 3.31. The zero-order valence-corrected chi connectivity index (χ0v) is 9.82. The van der Waals surface area contributed by atoms with Crippen molar-refractivity contribution in [2.45, 2.75) is 39.3 Å². The number of benzene rings is 1. The number of piperidine rings is 1. The average molecular weight is 203 g/mol. The van der Waals surface area contributed by atoms with E-state index in [1.54, 1.807) is 0 Å². The molecule has 0 aliphatic carbocycles. The van der Waals surface area contributed by atoms with Gasteiger partial charge in [0.2, 0.25) is 0 Å². The van der Waals surface area contributed by atoms with Crippen molar-refractivity contribution >= 4 is 0 Å². The van der Waals surface area contributed by atoms with Crippen molar-refractivity contribution in [3.05, 3.63) is 35.9 Å². The smallest absolute Gasteiger partial charge is 0.0236 e. The van der Waals surface area contributed by atoms with Crippen LogP contribution in [0.25, 0.3) is 0 Å². The van der Waals surface area contributed by atoms with Gasteiger partial charge in [-0.25, -0.2) is 0 Å². The van der Waals surface area contributed by atoms with Gasteiger partial charge in [0.1, 0.15) is 0 Å². The van der Waals surface area contributed by atoms with E-state index in [1.807, 2.05) is 0 Å². The van der Waals surface area contributed by atoms with E-state index in [1.165, 1.54) is 24.9 Å². The lowest BCUT2D eigenvalue weighted by Crippen LogP contribution is -2.41. The topological polar surface area (TPSA) is 3.24 Å². The maximum Gasteiger partial charge on any atom is 0.0236 e. The van der Waals surface area contributed by atoms with Crippen LogP contribution in [0.5, 0.6) is 0 Å². The Balaban J connectivity index is 1.99. The van der Waals surface area contributed by atoms with E-state index in [0.717, 1.165) is 18.5 Å². The highest BCUT2D eigenvalue weighted by molar-refractivity contribution is 5.14. The molecule has 0 radical (unpaired) electrons. The fourth-order valence-corrected chi connectivity index (χ4v) is 2.46. The molecule has 0 spiro atoms. The van der Waals surface area contributed by atoms with Crippen molar-refractivity contribution in [3.63, 3.8) is 0 Å². The highest BCUT2D eigenvalue weighted by atomic mass is 15.2. The third-order valence-electron chi connectivity index (χ3n) is 3.73. The molecule has 0 bridgehead atoms. The molecule has 1 heteroatoms. The molecule has 15 heavy (non-hydrogen) atoms. The summed E-state index contributed by atoms with van der Waals surface area (Å²) < 4.78 is 0. The van der Waals surface area contributed by atoms with Crippen LogP contribution in [-0.2, 0) is 6.54 Å². The third-order valence-corrected chi connectivity index (χ3v) is 3.73. The molecule has 0 amide bonds. The van der Waals surface area contributed by atoms with Crippen molar-refractivity contribution < 1.29 is 0 Å². The minimum atomic E-state index is 0.735. The fourth-order valence-electron chi connectivity index (χ4n) is 2.46. The van der Waals surface area contributed by atoms with Crippen molar-refractivity contribution in [2.75, 3.05) is 6.54 Å². The molecule has 1 aliphatic heterocycles. The number of likely N-dealkylation sites (tertiary alicyclic amines) is 1. The summed E-state index contributed by atoms with van der Waals surface area (Å²) in [5.41, 5.74) is 1.44. The lowest BCUT2D eigenvalue weighted by molar-refractivity contribution is 0.106. The molecular weight excluding hydrogens is 182 g/mol. The molecule has 1 nitrogen and oxygen atoms in total. The second-order valence-corrected chi connectivity index (χ2v) is 4.82. The van der Waals surface area contributed by atoms with Gasteiger partial charge in [-0.1, -0.05) is 37.3 Å². The highest BCUT2D eigenvalue weighted by Crippen LogP contribution is 2.24. The summed E-state index contributed by atoms with van der Waals surface area (Å²) in [4.78, 5) is 2.61. The summed E-state index contributed by atoms with van der Waals surface area (Å²) in [7, 11) is 0. The van der Waals surface area contributed by atoms with Gasteiger partial charge in [-0.15, -0.1) is 0 Å². The van der Waals surface area contributed by atoms with Crippen LogP contribution in [0.4, 0.5) is 0 Å². The van der Waals surface area contributed by atoms with Gasteiger partial charge >= 0.3 is 0 Å². The molecule has 0 saturated carbocycles. The van der Waals surface area contributed by atoms with Gasteiger partial charge in [-0.3, -0.25) is 4.90 Å². The molecule has 1 fully saturated rings. The van der Waals surface area contributed by atoms with Crippen molar-refractivity contribution in [2.24, 2.45) is 5.92 Å². The minimum absolute atomic E-state index is 0.735. The Labute approximate surface area is 93.1 Å². The molecule has 2 atom stereocenters. The van der Waals surface area contributed by atoms with E-state index in [-0.39, 0.29) is 0 Å². The largest absolute Gasteiger partial charge is 0.296 e. The standard InChI is InChI=1S/C14H21N/c1-12-7-6-10-15(13(12)2)11-14-8-4-3-5-9-14/h3-5,8-9,12-13H,6-7,10-11H2,1-2H3/t12-,13-/m1/s1. The zero-order chi connectivity index (χ0) is 10.7. The molecule has 1 heterocycles. The highest BCUT2D eigenvalue weighted by Gasteiger charge is 2.24.